The van der Waals surface area contributed by atoms with Crippen LogP contribution in [0.5, 0.6) is 0 Å². The number of ether oxygens (including phenoxy) is 1. The van der Waals surface area contributed by atoms with Crippen LogP contribution in [0.15, 0.2) is 12.4 Å². The van der Waals surface area contributed by atoms with Crippen LogP contribution in [-0.4, -0.2) is 30.0 Å². The Balaban J connectivity index is 2.06. The molecule has 0 radical (unpaired) electrons. The second-order valence-corrected chi connectivity index (χ2v) is 3.05. The number of aryl methyl sites for hydroxylation is 1. The van der Waals surface area contributed by atoms with Gasteiger partial charge in [-0.1, -0.05) is 0 Å². The molecule has 0 aliphatic carbocycles. The summed E-state index contributed by atoms with van der Waals surface area (Å²) in [6.07, 6.45) is 4.95. The Labute approximate surface area is 78.9 Å². The predicted molar refractivity (Wildman–Crippen MR) is 51.4 cm³/mol. The smallest absolute Gasteiger partial charge is 0.0534 e. The summed E-state index contributed by atoms with van der Waals surface area (Å²) in [4.78, 5) is 0. The first kappa shape index (κ1) is 10.2. The molecule has 0 aliphatic rings. The molecule has 1 aromatic heterocycles. The molecule has 0 aliphatic heterocycles. The first-order chi connectivity index (χ1) is 6.33. The Morgan fingerprint density at radius 1 is 1.62 bits per heavy atom. The molecule has 0 saturated heterocycles. The third-order valence-electron chi connectivity index (χ3n) is 1.79. The lowest BCUT2D eigenvalue weighted by atomic mass is 10.3. The minimum atomic E-state index is 0.819. The fourth-order valence-electron chi connectivity index (χ4n) is 1.14. The van der Waals surface area contributed by atoms with E-state index in [1.807, 2.05) is 24.1 Å². The van der Waals surface area contributed by atoms with Gasteiger partial charge in [0.2, 0.25) is 0 Å². The molecular formula is C9H17N3O. The van der Waals surface area contributed by atoms with Gasteiger partial charge in [-0.25, -0.2) is 0 Å². The topological polar surface area (TPSA) is 39.1 Å². The van der Waals surface area contributed by atoms with Crippen molar-refractivity contribution in [2.75, 3.05) is 20.3 Å². The summed E-state index contributed by atoms with van der Waals surface area (Å²) in [5.41, 5.74) is 1.22. The highest BCUT2D eigenvalue weighted by molar-refractivity contribution is 5.02. The number of nitrogens with one attached hydrogen (secondary N) is 1. The summed E-state index contributed by atoms with van der Waals surface area (Å²) in [6, 6.07) is 0. The van der Waals surface area contributed by atoms with Crippen LogP contribution in [0.1, 0.15) is 12.0 Å². The number of aromatic nitrogens is 2. The van der Waals surface area contributed by atoms with Crippen molar-refractivity contribution in [3.05, 3.63) is 18.0 Å². The quantitative estimate of drug-likeness (QED) is 0.654. The molecule has 0 unspecified atom stereocenters. The van der Waals surface area contributed by atoms with Crippen LogP contribution in [0.2, 0.25) is 0 Å². The number of methoxy groups -OCH3 is 1. The molecule has 0 amide bonds. The number of rotatable bonds is 6. The molecule has 0 aromatic carbocycles. The second-order valence-electron chi connectivity index (χ2n) is 3.05. The van der Waals surface area contributed by atoms with Crippen LogP contribution in [0.25, 0.3) is 0 Å². The van der Waals surface area contributed by atoms with Crippen molar-refractivity contribution in [1.82, 2.24) is 15.1 Å². The zero-order valence-corrected chi connectivity index (χ0v) is 8.29. The summed E-state index contributed by atoms with van der Waals surface area (Å²) in [5.74, 6) is 0. The molecule has 1 N–H and O–H groups in total. The minimum absolute atomic E-state index is 0.819. The fourth-order valence-corrected chi connectivity index (χ4v) is 1.14. The van der Waals surface area contributed by atoms with E-state index >= 15 is 0 Å². The highest BCUT2D eigenvalue weighted by atomic mass is 16.5. The van der Waals surface area contributed by atoms with E-state index in [0.717, 1.165) is 26.1 Å². The molecule has 4 heteroatoms. The van der Waals surface area contributed by atoms with Crippen molar-refractivity contribution in [2.45, 2.75) is 13.0 Å². The van der Waals surface area contributed by atoms with Gasteiger partial charge in [-0.05, 0) is 13.0 Å². The van der Waals surface area contributed by atoms with Crippen LogP contribution in [0, 0.1) is 0 Å². The monoisotopic (exact) mass is 183 g/mol. The van der Waals surface area contributed by atoms with E-state index in [-0.39, 0.29) is 0 Å². The lowest BCUT2D eigenvalue weighted by Crippen LogP contribution is -2.15. The highest BCUT2D eigenvalue weighted by Gasteiger charge is 1.94. The standard InChI is InChI=1S/C9H17N3O/c1-12-8-9(7-11-12)6-10-4-3-5-13-2/h7-8,10H,3-6H2,1-2H3. The van der Waals surface area contributed by atoms with Gasteiger partial charge in [-0.3, -0.25) is 4.68 Å². The van der Waals surface area contributed by atoms with Gasteiger partial charge >= 0.3 is 0 Å². The van der Waals surface area contributed by atoms with Crippen LogP contribution >= 0.6 is 0 Å². The molecule has 0 bridgehead atoms. The van der Waals surface area contributed by atoms with Gasteiger partial charge in [-0.2, -0.15) is 5.10 Å². The maximum atomic E-state index is 4.94. The fraction of sp³-hybridized carbons (Fsp3) is 0.667. The number of hydrogen-bond donors (Lipinski definition) is 1. The molecule has 0 atom stereocenters. The number of nitrogens with zero attached hydrogens (tertiary/aromatic N) is 2. The second kappa shape index (κ2) is 5.72. The van der Waals surface area contributed by atoms with Crippen LogP contribution in [0.3, 0.4) is 0 Å². The van der Waals surface area contributed by atoms with Crippen LogP contribution < -0.4 is 5.32 Å². The third-order valence-corrected chi connectivity index (χ3v) is 1.79. The molecule has 13 heavy (non-hydrogen) atoms. The zero-order chi connectivity index (χ0) is 9.52. The summed E-state index contributed by atoms with van der Waals surface area (Å²) in [7, 11) is 3.65. The van der Waals surface area contributed by atoms with E-state index in [2.05, 4.69) is 10.4 Å². The van der Waals surface area contributed by atoms with Crippen molar-refractivity contribution in [1.29, 1.82) is 0 Å². The normalized spacial score (nSPS) is 10.6. The van der Waals surface area contributed by atoms with Gasteiger partial charge < -0.3 is 10.1 Å². The van der Waals surface area contributed by atoms with Gasteiger partial charge in [0.25, 0.3) is 0 Å². The lowest BCUT2D eigenvalue weighted by Gasteiger charge is -2.01. The summed E-state index contributed by atoms with van der Waals surface area (Å²) in [5, 5.41) is 7.40. The lowest BCUT2D eigenvalue weighted by molar-refractivity contribution is 0.194. The maximum Gasteiger partial charge on any atom is 0.0534 e. The van der Waals surface area contributed by atoms with Crippen molar-refractivity contribution < 1.29 is 4.74 Å². The summed E-state index contributed by atoms with van der Waals surface area (Å²) < 4.78 is 6.75. The van der Waals surface area contributed by atoms with Gasteiger partial charge in [-0.15, -0.1) is 0 Å². The third kappa shape index (κ3) is 4.05. The van der Waals surface area contributed by atoms with E-state index in [4.69, 9.17) is 4.74 Å². The van der Waals surface area contributed by atoms with E-state index in [0.29, 0.717) is 0 Å². The SMILES string of the molecule is COCCCNCc1cnn(C)c1. The molecule has 0 spiro atoms. The van der Waals surface area contributed by atoms with Gasteiger partial charge in [0.15, 0.2) is 0 Å². The summed E-state index contributed by atoms with van der Waals surface area (Å²) in [6.45, 7) is 2.69. The first-order valence-corrected chi connectivity index (χ1v) is 4.50. The highest BCUT2D eigenvalue weighted by Crippen LogP contribution is 1.94. The molecule has 0 fully saturated rings. The molecule has 1 aromatic rings. The largest absolute Gasteiger partial charge is 0.385 e. The molecular weight excluding hydrogens is 166 g/mol. The molecule has 74 valence electrons. The average Bonchev–Trinajstić information content (AvgIpc) is 2.51. The van der Waals surface area contributed by atoms with E-state index in [1.165, 1.54) is 5.56 Å². The maximum absolute atomic E-state index is 4.94. The Morgan fingerprint density at radius 3 is 3.08 bits per heavy atom. The minimum Gasteiger partial charge on any atom is -0.385 e. The van der Waals surface area contributed by atoms with Crippen molar-refractivity contribution in [3.63, 3.8) is 0 Å². The summed E-state index contributed by atoms with van der Waals surface area (Å²) >= 11 is 0. The average molecular weight is 183 g/mol. The predicted octanol–water partition coefficient (Wildman–Crippen LogP) is 0.546. The van der Waals surface area contributed by atoms with Crippen molar-refractivity contribution in [3.8, 4) is 0 Å². The van der Waals surface area contributed by atoms with E-state index < -0.39 is 0 Å². The Bertz CT molecular complexity index is 235. The number of hydrogen-bond acceptors (Lipinski definition) is 3. The zero-order valence-electron chi connectivity index (χ0n) is 8.29. The first-order valence-electron chi connectivity index (χ1n) is 4.50. The van der Waals surface area contributed by atoms with Crippen LogP contribution in [-0.2, 0) is 18.3 Å². The van der Waals surface area contributed by atoms with Crippen molar-refractivity contribution >= 4 is 0 Å². The van der Waals surface area contributed by atoms with Gasteiger partial charge in [0.1, 0.15) is 0 Å². The molecule has 0 saturated carbocycles. The molecule has 1 rings (SSSR count). The van der Waals surface area contributed by atoms with E-state index in [1.54, 1.807) is 7.11 Å². The Kier molecular flexibility index (Phi) is 4.49. The van der Waals surface area contributed by atoms with Gasteiger partial charge in [0, 0.05) is 39.1 Å². The van der Waals surface area contributed by atoms with Crippen molar-refractivity contribution in [2.24, 2.45) is 7.05 Å². The Morgan fingerprint density at radius 2 is 2.46 bits per heavy atom. The molecule has 4 nitrogen and oxygen atoms in total. The van der Waals surface area contributed by atoms with E-state index in [9.17, 15) is 0 Å². The molecule has 1 heterocycles. The van der Waals surface area contributed by atoms with Gasteiger partial charge in [0.05, 0.1) is 6.20 Å². The van der Waals surface area contributed by atoms with Crippen LogP contribution in [0.4, 0.5) is 0 Å². The Hall–Kier alpha value is -0.870.